The van der Waals surface area contributed by atoms with Gasteiger partial charge in [-0.05, 0) is 42.8 Å². The van der Waals surface area contributed by atoms with Gasteiger partial charge in [-0.2, -0.15) is 0 Å². The van der Waals surface area contributed by atoms with Crippen LogP contribution in [-0.2, 0) is 6.61 Å². The van der Waals surface area contributed by atoms with Crippen molar-refractivity contribution in [2.75, 3.05) is 0 Å². The third-order valence-electron chi connectivity index (χ3n) is 2.86. The van der Waals surface area contributed by atoms with E-state index in [9.17, 15) is 0 Å². The van der Waals surface area contributed by atoms with E-state index < -0.39 is 0 Å². The number of halogens is 1. The van der Waals surface area contributed by atoms with Crippen LogP contribution in [0.3, 0.4) is 0 Å². The highest BCUT2D eigenvalue weighted by molar-refractivity contribution is 6.31. The van der Waals surface area contributed by atoms with E-state index in [-0.39, 0.29) is 0 Å². The Bertz CT molecular complexity index is 721. The number of aryl methyl sites for hydroxylation is 1. The minimum Gasteiger partial charge on any atom is -0.486 e. The van der Waals surface area contributed by atoms with E-state index in [1.807, 2.05) is 49.4 Å². The third kappa shape index (κ3) is 2.71. The third-order valence-corrected chi connectivity index (χ3v) is 3.09. The van der Waals surface area contributed by atoms with E-state index in [0.717, 1.165) is 22.6 Å². The lowest BCUT2D eigenvalue weighted by molar-refractivity contribution is 0.297. The molecule has 0 bridgehead atoms. The van der Waals surface area contributed by atoms with Gasteiger partial charge in [0.15, 0.2) is 0 Å². The van der Waals surface area contributed by atoms with E-state index >= 15 is 0 Å². The standard InChI is InChI=1S/C15H13ClN2O/c1-10-3-2-4-12(7-10)19-9-15-17-13-6-5-11(16)8-14(13)18-15/h2-8H,9H2,1H3,(H,17,18). The summed E-state index contributed by atoms with van der Waals surface area (Å²) in [6.07, 6.45) is 0. The second kappa shape index (κ2) is 4.94. The Hall–Kier alpha value is -2.00. The first-order valence-corrected chi connectivity index (χ1v) is 6.42. The fourth-order valence-corrected chi connectivity index (χ4v) is 2.13. The fourth-order valence-electron chi connectivity index (χ4n) is 1.96. The number of imidazole rings is 1. The molecule has 0 aliphatic carbocycles. The highest BCUT2D eigenvalue weighted by Crippen LogP contribution is 2.18. The first-order chi connectivity index (χ1) is 9.20. The summed E-state index contributed by atoms with van der Waals surface area (Å²) in [7, 11) is 0. The van der Waals surface area contributed by atoms with Gasteiger partial charge >= 0.3 is 0 Å². The highest BCUT2D eigenvalue weighted by Gasteiger charge is 2.04. The van der Waals surface area contributed by atoms with Crippen molar-refractivity contribution in [3.63, 3.8) is 0 Å². The molecule has 0 saturated heterocycles. The maximum atomic E-state index is 5.94. The molecule has 0 aliphatic heterocycles. The van der Waals surface area contributed by atoms with Crippen LogP contribution in [-0.4, -0.2) is 9.97 Å². The Morgan fingerprint density at radius 2 is 2.11 bits per heavy atom. The number of aromatic nitrogens is 2. The average molecular weight is 273 g/mol. The first-order valence-electron chi connectivity index (χ1n) is 6.04. The predicted octanol–water partition coefficient (Wildman–Crippen LogP) is 4.10. The number of nitrogens with one attached hydrogen (secondary N) is 1. The molecule has 0 unspecified atom stereocenters. The molecule has 4 heteroatoms. The van der Waals surface area contributed by atoms with Crippen molar-refractivity contribution in [3.05, 3.63) is 58.9 Å². The SMILES string of the molecule is Cc1cccc(OCc2nc3ccc(Cl)cc3[nH]2)c1. The summed E-state index contributed by atoms with van der Waals surface area (Å²) in [5, 5.41) is 0.697. The molecule has 3 rings (SSSR count). The largest absolute Gasteiger partial charge is 0.486 e. The Morgan fingerprint density at radius 1 is 1.21 bits per heavy atom. The van der Waals surface area contributed by atoms with Gasteiger partial charge in [0, 0.05) is 5.02 Å². The first kappa shape index (κ1) is 12.1. The zero-order valence-corrected chi connectivity index (χ0v) is 11.2. The van der Waals surface area contributed by atoms with Gasteiger partial charge < -0.3 is 9.72 Å². The Balaban J connectivity index is 1.78. The van der Waals surface area contributed by atoms with E-state index in [1.165, 1.54) is 5.56 Å². The van der Waals surface area contributed by atoms with Crippen molar-refractivity contribution in [1.82, 2.24) is 9.97 Å². The number of nitrogens with zero attached hydrogens (tertiary/aromatic N) is 1. The van der Waals surface area contributed by atoms with Gasteiger partial charge in [0.1, 0.15) is 18.2 Å². The lowest BCUT2D eigenvalue weighted by Gasteiger charge is -2.04. The Labute approximate surface area is 116 Å². The highest BCUT2D eigenvalue weighted by atomic mass is 35.5. The topological polar surface area (TPSA) is 37.9 Å². The van der Waals surface area contributed by atoms with Crippen molar-refractivity contribution in [1.29, 1.82) is 0 Å². The van der Waals surface area contributed by atoms with Gasteiger partial charge in [-0.15, -0.1) is 0 Å². The maximum Gasteiger partial charge on any atom is 0.146 e. The van der Waals surface area contributed by atoms with Crippen molar-refractivity contribution in [2.24, 2.45) is 0 Å². The van der Waals surface area contributed by atoms with Crippen LogP contribution < -0.4 is 4.74 Å². The lowest BCUT2D eigenvalue weighted by atomic mass is 10.2. The number of benzene rings is 2. The quantitative estimate of drug-likeness (QED) is 0.779. The molecule has 0 atom stereocenters. The summed E-state index contributed by atoms with van der Waals surface area (Å²) in [5.41, 5.74) is 3.00. The molecular formula is C15H13ClN2O. The molecule has 19 heavy (non-hydrogen) atoms. The summed E-state index contributed by atoms with van der Waals surface area (Å²) in [6.45, 7) is 2.45. The molecule has 0 fully saturated rings. The molecule has 1 heterocycles. The number of H-pyrrole nitrogens is 1. The molecule has 96 valence electrons. The van der Waals surface area contributed by atoms with Crippen LogP contribution in [0.15, 0.2) is 42.5 Å². The number of hydrogen-bond acceptors (Lipinski definition) is 2. The van der Waals surface area contributed by atoms with Crippen LogP contribution in [0.4, 0.5) is 0 Å². The van der Waals surface area contributed by atoms with E-state index in [2.05, 4.69) is 9.97 Å². The van der Waals surface area contributed by atoms with Crippen molar-refractivity contribution < 1.29 is 4.74 Å². The predicted molar refractivity (Wildman–Crippen MR) is 76.6 cm³/mol. The second-order valence-corrected chi connectivity index (χ2v) is 4.89. The number of rotatable bonds is 3. The van der Waals surface area contributed by atoms with Gasteiger partial charge in [0.25, 0.3) is 0 Å². The number of fused-ring (bicyclic) bond motifs is 1. The molecule has 2 aromatic carbocycles. The molecule has 3 aromatic rings. The second-order valence-electron chi connectivity index (χ2n) is 4.45. The molecule has 1 aromatic heterocycles. The summed E-state index contributed by atoms with van der Waals surface area (Å²) in [4.78, 5) is 7.65. The van der Waals surface area contributed by atoms with Crippen LogP contribution in [0, 0.1) is 6.92 Å². The number of aromatic amines is 1. The monoisotopic (exact) mass is 272 g/mol. The Morgan fingerprint density at radius 3 is 2.95 bits per heavy atom. The minimum absolute atomic E-state index is 0.412. The maximum absolute atomic E-state index is 5.94. The van der Waals surface area contributed by atoms with E-state index in [0.29, 0.717) is 11.6 Å². The van der Waals surface area contributed by atoms with Crippen LogP contribution in [0.25, 0.3) is 11.0 Å². The van der Waals surface area contributed by atoms with Gasteiger partial charge in [-0.25, -0.2) is 4.98 Å². The van der Waals surface area contributed by atoms with Crippen LogP contribution >= 0.6 is 11.6 Å². The molecule has 0 saturated carbocycles. The van der Waals surface area contributed by atoms with Crippen LogP contribution in [0.5, 0.6) is 5.75 Å². The molecule has 3 nitrogen and oxygen atoms in total. The van der Waals surface area contributed by atoms with Gasteiger partial charge in [-0.1, -0.05) is 23.7 Å². The molecule has 0 amide bonds. The zero-order chi connectivity index (χ0) is 13.2. The molecule has 0 radical (unpaired) electrons. The number of hydrogen-bond donors (Lipinski definition) is 1. The van der Waals surface area contributed by atoms with Crippen LogP contribution in [0.1, 0.15) is 11.4 Å². The molecular weight excluding hydrogens is 260 g/mol. The van der Waals surface area contributed by atoms with E-state index in [1.54, 1.807) is 0 Å². The summed E-state index contributed by atoms with van der Waals surface area (Å²) < 4.78 is 5.71. The van der Waals surface area contributed by atoms with Gasteiger partial charge in [0.05, 0.1) is 11.0 Å². The number of ether oxygens (including phenoxy) is 1. The van der Waals surface area contributed by atoms with Crippen molar-refractivity contribution in [3.8, 4) is 5.75 Å². The normalized spacial score (nSPS) is 10.8. The molecule has 0 spiro atoms. The average Bonchev–Trinajstić information content (AvgIpc) is 2.78. The lowest BCUT2D eigenvalue weighted by Crippen LogP contribution is -1.97. The van der Waals surface area contributed by atoms with E-state index in [4.69, 9.17) is 16.3 Å². The molecule has 1 N–H and O–H groups in total. The van der Waals surface area contributed by atoms with Gasteiger partial charge in [-0.3, -0.25) is 0 Å². The van der Waals surface area contributed by atoms with Crippen molar-refractivity contribution in [2.45, 2.75) is 13.5 Å². The zero-order valence-electron chi connectivity index (χ0n) is 10.5. The Kier molecular flexibility index (Phi) is 3.13. The smallest absolute Gasteiger partial charge is 0.146 e. The summed E-state index contributed by atoms with van der Waals surface area (Å²) in [5.74, 6) is 1.64. The summed E-state index contributed by atoms with van der Waals surface area (Å²) >= 11 is 5.94. The van der Waals surface area contributed by atoms with Crippen molar-refractivity contribution >= 4 is 22.6 Å². The minimum atomic E-state index is 0.412. The fraction of sp³-hybridized carbons (Fsp3) is 0.133. The summed E-state index contributed by atoms with van der Waals surface area (Å²) in [6, 6.07) is 13.5. The van der Waals surface area contributed by atoms with Gasteiger partial charge in [0.2, 0.25) is 0 Å². The molecule has 0 aliphatic rings. The van der Waals surface area contributed by atoms with Crippen LogP contribution in [0.2, 0.25) is 5.02 Å².